The lowest BCUT2D eigenvalue weighted by Crippen LogP contribution is -2.10. The molecule has 1 aliphatic carbocycles. The summed E-state index contributed by atoms with van der Waals surface area (Å²) in [5, 5.41) is 12.9. The van der Waals surface area contributed by atoms with E-state index in [1.54, 1.807) is 49.4 Å². The molecule has 0 amide bonds. The molecule has 0 spiro atoms. The monoisotopic (exact) mass is 564 g/mol. The van der Waals surface area contributed by atoms with Crippen molar-refractivity contribution in [3.05, 3.63) is 82.7 Å². The zero-order valence-electron chi connectivity index (χ0n) is 22.2. The maximum Gasteiger partial charge on any atom is 0.417 e. The number of carboxylic acids is 1. The Morgan fingerprint density at radius 2 is 1.80 bits per heavy atom. The summed E-state index contributed by atoms with van der Waals surface area (Å²) in [6.07, 6.45) is -2.56. The van der Waals surface area contributed by atoms with Crippen molar-refractivity contribution >= 4 is 5.97 Å². The van der Waals surface area contributed by atoms with Crippen molar-refractivity contribution in [2.24, 2.45) is 0 Å². The van der Waals surface area contributed by atoms with Crippen LogP contribution in [0, 0.1) is 6.92 Å². The summed E-state index contributed by atoms with van der Waals surface area (Å²) < 4.78 is 59.2. The first-order valence-electron chi connectivity index (χ1n) is 13.4. The summed E-state index contributed by atoms with van der Waals surface area (Å²) in [7, 11) is 0. The Balaban J connectivity index is 1.20. The van der Waals surface area contributed by atoms with Crippen LogP contribution in [0.4, 0.5) is 13.2 Å². The zero-order valence-corrected chi connectivity index (χ0v) is 22.2. The molecule has 2 atom stereocenters. The van der Waals surface area contributed by atoms with Gasteiger partial charge in [-0.1, -0.05) is 29.4 Å². The number of alkyl halides is 3. The van der Waals surface area contributed by atoms with E-state index in [4.69, 9.17) is 19.1 Å². The minimum atomic E-state index is -4.49. The molecular weight excluding hydrogens is 537 g/mol. The van der Waals surface area contributed by atoms with Crippen LogP contribution in [0.1, 0.15) is 59.2 Å². The number of carboxylic acid groups (broad SMARTS) is 1. The summed E-state index contributed by atoms with van der Waals surface area (Å²) in [6.45, 7) is 2.41. The summed E-state index contributed by atoms with van der Waals surface area (Å²) in [5.74, 6) is 1.06. The lowest BCUT2D eigenvalue weighted by atomic mass is 9.89. The van der Waals surface area contributed by atoms with Gasteiger partial charge in [0.15, 0.2) is 5.82 Å². The Hall–Kier alpha value is -4.34. The van der Waals surface area contributed by atoms with E-state index in [0.717, 1.165) is 23.1 Å². The van der Waals surface area contributed by atoms with E-state index in [1.807, 2.05) is 6.07 Å². The van der Waals surface area contributed by atoms with Gasteiger partial charge in [0.2, 0.25) is 0 Å². The standard InChI is InChI=1S/C31H27F3N2O5/c1-17-35-30(41-36-17)20-4-2-19(3-5-20)29-25-8-6-18(23(25)10-11-26(29)31(32,33)34)12-13-39-22-7-9-24-21(14-28(37)38)16-40-27(24)15-22/h2-5,7,9-11,15,18,21H,6,8,12-14,16H2,1H3,(H,37,38)/t18-,21+/m0/s1. The molecule has 1 N–H and O–H groups in total. The van der Waals surface area contributed by atoms with Gasteiger partial charge in [-0.3, -0.25) is 4.79 Å². The average Bonchev–Trinajstić information content (AvgIpc) is 3.66. The minimum absolute atomic E-state index is 0.00877. The Morgan fingerprint density at radius 3 is 2.51 bits per heavy atom. The van der Waals surface area contributed by atoms with Crippen LogP contribution in [-0.2, 0) is 17.4 Å². The molecule has 41 heavy (non-hydrogen) atoms. The first kappa shape index (κ1) is 26.9. The van der Waals surface area contributed by atoms with Crippen molar-refractivity contribution < 1.29 is 37.1 Å². The fourth-order valence-electron chi connectivity index (χ4n) is 5.90. The molecule has 0 saturated heterocycles. The first-order valence-corrected chi connectivity index (χ1v) is 13.4. The highest BCUT2D eigenvalue weighted by Crippen LogP contribution is 2.47. The molecule has 10 heteroatoms. The van der Waals surface area contributed by atoms with Crippen LogP contribution in [0.25, 0.3) is 22.6 Å². The third kappa shape index (κ3) is 5.38. The first-order chi connectivity index (χ1) is 19.7. The van der Waals surface area contributed by atoms with Crippen LogP contribution in [0.2, 0.25) is 0 Å². The van der Waals surface area contributed by atoms with Crippen molar-refractivity contribution in [3.63, 3.8) is 0 Å². The summed E-state index contributed by atoms with van der Waals surface area (Å²) >= 11 is 0. The number of benzene rings is 3. The molecule has 2 heterocycles. The average molecular weight is 565 g/mol. The predicted octanol–water partition coefficient (Wildman–Crippen LogP) is 7.18. The smallest absolute Gasteiger partial charge is 0.417 e. The Labute approximate surface area is 233 Å². The summed E-state index contributed by atoms with van der Waals surface area (Å²) in [5.41, 5.74) is 3.21. The molecule has 7 nitrogen and oxygen atoms in total. The lowest BCUT2D eigenvalue weighted by Gasteiger charge is -2.19. The molecule has 1 aliphatic heterocycles. The van der Waals surface area contributed by atoms with E-state index < -0.39 is 17.7 Å². The molecule has 0 fully saturated rings. The van der Waals surface area contributed by atoms with Crippen molar-refractivity contribution in [2.75, 3.05) is 13.2 Å². The predicted molar refractivity (Wildman–Crippen MR) is 143 cm³/mol. The van der Waals surface area contributed by atoms with Crippen LogP contribution in [0.5, 0.6) is 11.5 Å². The molecule has 1 aromatic heterocycles. The van der Waals surface area contributed by atoms with E-state index in [2.05, 4.69) is 10.1 Å². The van der Waals surface area contributed by atoms with Gasteiger partial charge in [0.25, 0.3) is 5.89 Å². The quantitative estimate of drug-likeness (QED) is 0.242. The molecule has 0 radical (unpaired) electrons. The zero-order chi connectivity index (χ0) is 28.7. The van der Waals surface area contributed by atoms with Gasteiger partial charge in [0, 0.05) is 23.1 Å². The molecule has 3 aromatic carbocycles. The number of ether oxygens (including phenoxy) is 2. The molecule has 0 bridgehead atoms. The molecule has 212 valence electrons. The highest BCUT2D eigenvalue weighted by molar-refractivity contribution is 5.76. The van der Waals surface area contributed by atoms with E-state index in [0.29, 0.717) is 60.4 Å². The number of hydrogen-bond donors (Lipinski definition) is 1. The normalized spacial score (nSPS) is 17.7. The van der Waals surface area contributed by atoms with Gasteiger partial charge in [-0.15, -0.1) is 0 Å². The Bertz CT molecular complexity index is 1600. The summed E-state index contributed by atoms with van der Waals surface area (Å²) in [6, 6.07) is 15.0. The number of rotatable bonds is 8. The number of halogens is 3. The minimum Gasteiger partial charge on any atom is -0.493 e. The number of hydrogen-bond acceptors (Lipinski definition) is 6. The SMILES string of the molecule is Cc1noc(-c2ccc(-c3c(C(F)(F)F)ccc4c3CC[C@H]4CCOc3ccc4c(c3)OC[C@H]4CC(=O)O)cc2)n1. The molecule has 4 aromatic rings. The van der Waals surface area contributed by atoms with Crippen molar-refractivity contribution in [2.45, 2.75) is 50.6 Å². The molecule has 0 unspecified atom stereocenters. The van der Waals surface area contributed by atoms with E-state index in [9.17, 15) is 18.0 Å². The fraction of sp³-hybridized carbons (Fsp3) is 0.323. The molecule has 0 saturated carbocycles. The van der Waals surface area contributed by atoms with E-state index in [1.165, 1.54) is 6.07 Å². The van der Waals surface area contributed by atoms with Gasteiger partial charge in [0.05, 0.1) is 25.2 Å². The largest absolute Gasteiger partial charge is 0.493 e. The maximum absolute atomic E-state index is 14.1. The van der Waals surface area contributed by atoms with Crippen molar-refractivity contribution in [1.29, 1.82) is 0 Å². The van der Waals surface area contributed by atoms with Crippen LogP contribution in [-0.4, -0.2) is 34.4 Å². The molecular formula is C31H27F3N2O5. The van der Waals surface area contributed by atoms with Gasteiger partial charge < -0.3 is 19.1 Å². The highest BCUT2D eigenvalue weighted by atomic mass is 19.4. The number of aliphatic carboxylic acids is 1. The van der Waals surface area contributed by atoms with E-state index >= 15 is 0 Å². The fourth-order valence-corrected chi connectivity index (χ4v) is 5.90. The lowest BCUT2D eigenvalue weighted by molar-refractivity contribution is -0.138. The van der Waals surface area contributed by atoms with Gasteiger partial charge in [0.1, 0.15) is 11.5 Å². The van der Waals surface area contributed by atoms with Gasteiger partial charge in [-0.25, -0.2) is 0 Å². The second kappa shape index (κ2) is 10.6. The number of carbonyl (C=O) groups is 1. The third-order valence-electron chi connectivity index (χ3n) is 7.81. The second-order valence-electron chi connectivity index (χ2n) is 10.5. The third-order valence-corrected chi connectivity index (χ3v) is 7.81. The van der Waals surface area contributed by atoms with Crippen molar-refractivity contribution in [1.82, 2.24) is 10.1 Å². The Morgan fingerprint density at radius 1 is 1.05 bits per heavy atom. The van der Waals surface area contributed by atoms with Gasteiger partial charge in [-0.05, 0) is 78.6 Å². The van der Waals surface area contributed by atoms with Crippen LogP contribution >= 0.6 is 0 Å². The Kier molecular flexibility index (Phi) is 6.93. The number of aryl methyl sites for hydroxylation is 1. The van der Waals surface area contributed by atoms with Crippen LogP contribution in [0.15, 0.2) is 59.1 Å². The second-order valence-corrected chi connectivity index (χ2v) is 10.5. The maximum atomic E-state index is 14.1. The molecule has 6 rings (SSSR count). The highest BCUT2D eigenvalue weighted by Gasteiger charge is 2.37. The molecule has 2 aliphatic rings. The van der Waals surface area contributed by atoms with Crippen LogP contribution < -0.4 is 9.47 Å². The van der Waals surface area contributed by atoms with E-state index in [-0.39, 0.29) is 23.8 Å². The van der Waals surface area contributed by atoms with Gasteiger partial charge in [-0.2, -0.15) is 18.2 Å². The number of nitrogens with zero attached hydrogens (tertiary/aromatic N) is 2. The van der Waals surface area contributed by atoms with Crippen molar-refractivity contribution in [3.8, 4) is 34.1 Å². The van der Waals surface area contributed by atoms with Crippen LogP contribution in [0.3, 0.4) is 0 Å². The topological polar surface area (TPSA) is 94.7 Å². The number of aromatic nitrogens is 2. The summed E-state index contributed by atoms with van der Waals surface area (Å²) in [4.78, 5) is 15.3. The van der Waals surface area contributed by atoms with Gasteiger partial charge >= 0.3 is 12.1 Å². The number of fused-ring (bicyclic) bond motifs is 2.